The number of nitrogens with zero attached hydrogens (tertiary/aromatic N) is 1. The van der Waals surface area contributed by atoms with Crippen LogP contribution in [0.1, 0.15) is 32.7 Å². The Bertz CT molecular complexity index is 1210. The number of aromatic nitrogens is 1. The Balaban J connectivity index is 1.71. The van der Waals surface area contributed by atoms with Gasteiger partial charge in [-0.3, -0.25) is 0 Å². The van der Waals surface area contributed by atoms with E-state index in [4.69, 9.17) is 11.6 Å². The van der Waals surface area contributed by atoms with Gasteiger partial charge in [-0.2, -0.15) is 0 Å². The zero-order valence-corrected chi connectivity index (χ0v) is 17.5. The summed E-state index contributed by atoms with van der Waals surface area (Å²) >= 11 is 6.07. The largest absolute Gasteiger partial charge is 0.477 e. The summed E-state index contributed by atoms with van der Waals surface area (Å²) in [6.07, 6.45) is 0. The molecule has 152 valence electrons. The van der Waals surface area contributed by atoms with Crippen molar-refractivity contribution < 1.29 is 9.90 Å². The summed E-state index contributed by atoms with van der Waals surface area (Å²) in [5.74, 6) is -0.917. The van der Waals surface area contributed by atoms with E-state index in [9.17, 15) is 9.90 Å². The van der Waals surface area contributed by atoms with Crippen molar-refractivity contribution in [1.29, 1.82) is 0 Å². The highest BCUT2D eigenvalue weighted by Gasteiger charge is 2.22. The molecule has 0 aliphatic heterocycles. The SMILES string of the molecule is Cc1ccccc1Cn1c(C(=O)O)c(CNCc2cccc(Cl)c2)c2ccccc21. The second-order valence-electron chi connectivity index (χ2n) is 7.40. The Kier molecular flexibility index (Phi) is 5.88. The van der Waals surface area contributed by atoms with E-state index in [1.54, 1.807) is 0 Å². The van der Waals surface area contributed by atoms with E-state index in [0.717, 1.165) is 33.2 Å². The van der Waals surface area contributed by atoms with Crippen LogP contribution in [0.25, 0.3) is 10.9 Å². The molecule has 0 spiro atoms. The summed E-state index contributed by atoms with van der Waals surface area (Å²) in [6, 6.07) is 23.6. The van der Waals surface area contributed by atoms with Crippen LogP contribution in [-0.2, 0) is 19.6 Å². The summed E-state index contributed by atoms with van der Waals surface area (Å²) < 4.78 is 1.91. The smallest absolute Gasteiger partial charge is 0.352 e. The summed E-state index contributed by atoms with van der Waals surface area (Å²) in [7, 11) is 0. The number of carboxylic acids is 1. The standard InChI is InChI=1S/C25H23ClN2O2/c1-17-7-2-3-9-19(17)16-28-23-12-5-4-11-21(23)22(24(28)25(29)30)15-27-14-18-8-6-10-20(26)13-18/h2-13,27H,14-16H2,1H3,(H,29,30). The number of carbonyl (C=O) groups is 1. The molecule has 2 N–H and O–H groups in total. The maximum Gasteiger partial charge on any atom is 0.352 e. The van der Waals surface area contributed by atoms with Gasteiger partial charge in [-0.15, -0.1) is 0 Å². The Labute approximate surface area is 180 Å². The van der Waals surface area contributed by atoms with E-state index in [-0.39, 0.29) is 0 Å². The number of hydrogen-bond donors (Lipinski definition) is 2. The van der Waals surface area contributed by atoms with Gasteiger partial charge in [0.1, 0.15) is 5.69 Å². The topological polar surface area (TPSA) is 54.3 Å². The van der Waals surface area contributed by atoms with E-state index in [2.05, 4.69) is 18.3 Å². The molecule has 0 bridgehead atoms. The molecule has 0 aliphatic carbocycles. The van der Waals surface area contributed by atoms with Crippen molar-refractivity contribution in [3.8, 4) is 0 Å². The van der Waals surface area contributed by atoms with Gasteiger partial charge in [0.05, 0.1) is 0 Å². The molecule has 4 rings (SSSR count). The van der Waals surface area contributed by atoms with Crippen molar-refractivity contribution in [2.24, 2.45) is 0 Å². The second kappa shape index (κ2) is 8.74. The number of hydrogen-bond acceptors (Lipinski definition) is 2. The lowest BCUT2D eigenvalue weighted by Gasteiger charge is -2.12. The molecule has 0 fully saturated rings. The Morgan fingerprint density at radius 2 is 1.77 bits per heavy atom. The van der Waals surface area contributed by atoms with Gasteiger partial charge in [0.25, 0.3) is 0 Å². The molecule has 0 saturated heterocycles. The number of benzene rings is 3. The van der Waals surface area contributed by atoms with Crippen LogP contribution in [0, 0.1) is 6.92 Å². The molecule has 0 unspecified atom stereocenters. The van der Waals surface area contributed by atoms with Gasteiger partial charge in [-0.1, -0.05) is 66.2 Å². The molecule has 5 heteroatoms. The van der Waals surface area contributed by atoms with Crippen LogP contribution in [0.15, 0.2) is 72.8 Å². The fourth-order valence-electron chi connectivity index (χ4n) is 3.90. The predicted molar refractivity (Wildman–Crippen MR) is 121 cm³/mol. The van der Waals surface area contributed by atoms with Gasteiger partial charge in [0, 0.05) is 41.1 Å². The van der Waals surface area contributed by atoms with E-state index < -0.39 is 5.97 Å². The minimum absolute atomic E-state index is 0.332. The van der Waals surface area contributed by atoms with Crippen LogP contribution in [-0.4, -0.2) is 15.6 Å². The Morgan fingerprint density at radius 3 is 2.53 bits per heavy atom. The normalized spacial score (nSPS) is 11.1. The van der Waals surface area contributed by atoms with Gasteiger partial charge in [-0.05, 0) is 41.8 Å². The summed E-state index contributed by atoms with van der Waals surface area (Å²) in [6.45, 7) is 3.63. The highest BCUT2D eigenvalue weighted by Crippen LogP contribution is 2.28. The maximum absolute atomic E-state index is 12.3. The third-order valence-corrected chi connectivity index (χ3v) is 5.62. The first-order chi connectivity index (χ1) is 14.5. The number of rotatable bonds is 7. The van der Waals surface area contributed by atoms with Crippen LogP contribution in [0.5, 0.6) is 0 Å². The van der Waals surface area contributed by atoms with E-state index in [1.165, 1.54) is 0 Å². The van der Waals surface area contributed by atoms with Gasteiger partial charge < -0.3 is 15.0 Å². The average molecular weight is 419 g/mol. The van der Waals surface area contributed by atoms with E-state index in [1.807, 2.05) is 71.3 Å². The molecule has 0 radical (unpaired) electrons. The molecule has 4 nitrogen and oxygen atoms in total. The van der Waals surface area contributed by atoms with Crippen LogP contribution in [0.4, 0.5) is 0 Å². The predicted octanol–water partition coefficient (Wildman–Crippen LogP) is 5.64. The molecule has 4 aromatic rings. The monoisotopic (exact) mass is 418 g/mol. The number of aryl methyl sites for hydroxylation is 1. The van der Waals surface area contributed by atoms with Gasteiger partial charge in [0.15, 0.2) is 0 Å². The van der Waals surface area contributed by atoms with Crippen LogP contribution >= 0.6 is 11.6 Å². The van der Waals surface area contributed by atoms with Crippen molar-refractivity contribution >= 4 is 28.5 Å². The Morgan fingerprint density at radius 1 is 1.00 bits per heavy atom. The lowest BCUT2D eigenvalue weighted by Crippen LogP contribution is -2.17. The summed E-state index contributed by atoms with van der Waals surface area (Å²) in [4.78, 5) is 12.3. The fourth-order valence-corrected chi connectivity index (χ4v) is 4.11. The Hall–Kier alpha value is -3.08. The maximum atomic E-state index is 12.3. The molecule has 0 saturated carbocycles. The van der Waals surface area contributed by atoms with Gasteiger partial charge in [-0.25, -0.2) is 4.79 Å². The van der Waals surface area contributed by atoms with E-state index >= 15 is 0 Å². The number of fused-ring (bicyclic) bond motifs is 1. The summed E-state index contributed by atoms with van der Waals surface area (Å²) in [5, 5.41) is 15.1. The van der Waals surface area contributed by atoms with Crippen molar-refractivity contribution in [1.82, 2.24) is 9.88 Å². The second-order valence-corrected chi connectivity index (χ2v) is 7.83. The molecule has 0 atom stereocenters. The molecule has 30 heavy (non-hydrogen) atoms. The number of aromatic carboxylic acids is 1. The minimum atomic E-state index is -0.917. The van der Waals surface area contributed by atoms with Gasteiger partial charge >= 0.3 is 5.97 Å². The highest BCUT2D eigenvalue weighted by molar-refractivity contribution is 6.30. The molecule has 1 heterocycles. The molecular formula is C25H23ClN2O2. The number of nitrogens with one attached hydrogen (secondary N) is 1. The first-order valence-corrected chi connectivity index (χ1v) is 10.3. The van der Waals surface area contributed by atoms with Gasteiger partial charge in [0.2, 0.25) is 0 Å². The van der Waals surface area contributed by atoms with Crippen molar-refractivity contribution in [3.63, 3.8) is 0 Å². The number of carboxylic acid groups (broad SMARTS) is 1. The minimum Gasteiger partial charge on any atom is -0.477 e. The van der Waals surface area contributed by atoms with Crippen molar-refractivity contribution in [3.05, 3.63) is 106 Å². The zero-order chi connectivity index (χ0) is 21.1. The number of halogens is 1. The first kappa shape index (κ1) is 20.2. The number of para-hydroxylation sites is 1. The first-order valence-electron chi connectivity index (χ1n) is 9.87. The van der Waals surface area contributed by atoms with Crippen LogP contribution in [0.2, 0.25) is 5.02 Å². The molecule has 0 amide bonds. The highest BCUT2D eigenvalue weighted by atomic mass is 35.5. The fraction of sp³-hybridized carbons (Fsp3) is 0.160. The molecular weight excluding hydrogens is 396 g/mol. The van der Waals surface area contributed by atoms with Crippen molar-refractivity contribution in [2.45, 2.75) is 26.6 Å². The van der Waals surface area contributed by atoms with Crippen molar-refractivity contribution in [2.75, 3.05) is 0 Å². The molecule has 3 aromatic carbocycles. The molecule has 1 aromatic heterocycles. The summed E-state index contributed by atoms with van der Waals surface area (Å²) in [5.41, 5.74) is 5.37. The third-order valence-electron chi connectivity index (χ3n) is 5.39. The van der Waals surface area contributed by atoms with Crippen LogP contribution in [0.3, 0.4) is 0 Å². The van der Waals surface area contributed by atoms with E-state index in [0.29, 0.717) is 30.4 Å². The third kappa shape index (κ3) is 4.11. The zero-order valence-electron chi connectivity index (χ0n) is 16.7. The lowest BCUT2D eigenvalue weighted by molar-refractivity contribution is 0.0684. The quantitative estimate of drug-likeness (QED) is 0.408. The average Bonchev–Trinajstić information content (AvgIpc) is 3.04. The molecule has 0 aliphatic rings. The lowest BCUT2D eigenvalue weighted by atomic mass is 10.1. The van der Waals surface area contributed by atoms with Crippen LogP contribution < -0.4 is 5.32 Å².